The minimum Gasteiger partial charge on any atom is -0.444 e. The fourth-order valence-corrected chi connectivity index (χ4v) is 3.42. The number of benzene rings is 1. The fraction of sp³-hybridized carbons (Fsp3) is 0.556. The summed E-state index contributed by atoms with van der Waals surface area (Å²) >= 11 is 0. The molecule has 2 bridgehead atoms. The van der Waals surface area contributed by atoms with Crippen molar-refractivity contribution in [3.8, 4) is 0 Å². The van der Waals surface area contributed by atoms with Gasteiger partial charge in [-0.25, -0.2) is 4.79 Å². The number of carbonyl (C=O) groups excluding carboxylic acids is 2. The monoisotopic (exact) mass is 316 g/mol. The summed E-state index contributed by atoms with van der Waals surface area (Å²) in [5.41, 5.74) is 1.46. The Labute approximate surface area is 137 Å². The molecule has 0 aliphatic carbocycles. The van der Waals surface area contributed by atoms with Gasteiger partial charge in [0.25, 0.3) is 0 Å². The Bertz CT molecular complexity index is 591. The molecule has 5 heteroatoms. The lowest BCUT2D eigenvalue weighted by atomic mass is 10.1. The Morgan fingerprint density at radius 2 is 1.91 bits per heavy atom. The number of nitrogens with zero attached hydrogens (tertiary/aromatic N) is 2. The standard InChI is InChI=1S/C18H24N2O3/c1-18(2,3)23-17(22)20-11-15-8-16(20)10-19(15)9-13-4-6-14(12-21)7-5-13/h4-7,12,15-16H,8-11H2,1-3H3/t15-,16-/m0/s1. The first-order chi connectivity index (χ1) is 10.9. The van der Waals surface area contributed by atoms with Gasteiger partial charge in [0.1, 0.15) is 11.9 Å². The van der Waals surface area contributed by atoms with E-state index >= 15 is 0 Å². The van der Waals surface area contributed by atoms with Crippen LogP contribution in [-0.4, -0.2) is 53.0 Å². The zero-order valence-corrected chi connectivity index (χ0v) is 14.0. The molecular formula is C18H24N2O3. The fourth-order valence-electron chi connectivity index (χ4n) is 3.42. The second-order valence-corrected chi connectivity index (χ2v) is 7.46. The quantitative estimate of drug-likeness (QED) is 0.805. The number of amides is 1. The first-order valence-corrected chi connectivity index (χ1v) is 8.13. The summed E-state index contributed by atoms with van der Waals surface area (Å²) in [6.45, 7) is 8.19. The molecule has 3 rings (SSSR count). The van der Waals surface area contributed by atoms with Gasteiger partial charge in [-0.3, -0.25) is 9.69 Å². The van der Waals surface area contributed by atoms with E-state index in [4.69, 9.17) is 4.74 Å². The maximum absolute atomic E-state index is 12.2. The molecule has 2 fully saturated rings. The molecule has 23 heavy (non-hydrogen) atoms. The largest absolute Gasteiger partial charge is 0.444 e. The van der Waals surface area contributed by atoms with Crippen LogP contribution in [-0.2, 0) is 11.3 Å². The van der Waals surface area contributed by atoms with E-state index in [0.29, 0.717) is 11.6 Å². The van der Waals surface area contributed by atoms with Crippen LogP contribution in [0.5, 0.6) is 0 Å². The summed E-state index contributed by atoms with van der Waals surface area (Å²) in [4.78, 5) is 27.2. The van der Waals surface area contributed by atoms with Gasteiger partial charge in [-0.05, 0) is 32.8 Å². The van der Waals surface area contributed by atoms with Gasteiger partial charge in [0.05, 0.1) is 0 Å². The molecular weight excluding hydrogens is 292 g/mol. The summed E-state index contributed by atoms with van der Waals surface area (Å²) in [6, 6.07) is 8.36. The van der Waals surface area contributed by atoms with E-state index in [0.717, 1.165) is 32.3 Å². The summed E-state index contributed by atoms with van der Waals surface area (Å²) in [5.74, 6) is 0. The molecule has 0 saturated carbocycles. The molecule has 2 atom stereocenters. The lowest BCUT2D eigenvalue weighted by molar-refractivity contribution is 0.0124. The number of hydrogen-bond donors (Lipinski definition) is 0. The third-order valence-corrected chi connectivity index (χ3v) is 4.48. The average Bonchev–Trinajstić information content (AvgIpc) is 3.06. The number of ether oxygens (including phenoxy) is 1. The third-order valence-electron chi connectivity index (χ3n) is 4.48. The van der Waals surface area contributed by atoms with Gasteiger partial charge < -0.3 is 9.64 Å². The van der Waals surface area contributed by atoms with Crippen molar-refractivity contribution in [3.63, 3.8) is 0 Å². The molecule has 0 spiro atoms. The minimum atomic E-state index is -0.446. The van der Waals surface area contributed by atoms with E-state index < -0.39 is 5.60 Å². The predicted molar refractivity (Wildman–Crippen MR) is 87.4 cm³/mol. The van der Waals surface area contributed by atoms with Crippen molar-refractivity contribution in [2.45, 2.75) is 51.4 Å². The highest BCUT2D eigenvalue weighted by Crippen LogP contribution is 2.32. The summed E-state index contributed by atoms with van der Waals surface area (Å²) in [5, 5.41) is 0. The zero-order valence-electron chi connectivity index (χ0n) is 14.0. The van der Waals surface area contributed by atoms with Crippen LogP contribution in [0.15, 0.2) is 24.3 Å². The summed E-state index contributed by atoms with van der Waals surface area (Å²) in [7, 11) is 0. The molecule has 2 saturated heterocycles. The lowest BCUT2D eigenvalue weighted by Gasteiger charge is -2.35. The van der Waals surface area contributed by atoms with Gasteiger partial charge in [0, 0.05) is 37.3 Å². The lowest BCUT2D eigenvalue weighted by Crippen LogP contribution is -2.49. The first-order valence-electron chi connectivity index (χ1n) is 8.13. The average molecular weight is 316 g/mol. The van der Waals surface area contributed by atoms with Crippen LogP contribution >= 0.6 is 0 Å². The van der Waals surface area contributed by atoms with Crippen molar-refractivity contribution < 1.29 is 14.3 Å². The molecule has 2 aliphatic heterocycles. The van der Waals surface area contributed by atoms with Gasteiger partial charge in [-0.15, -0.1) is 0 Å². The summed E-state index contributed by atoms with van der Waals surface area (Å²) in [6.07, 6.45) is 1.69. The van der Waals surface area contributed by atoms with Crippen LogP contribution in [0.25, 0.3) is 0 Å². The Balaban J connectivity index is 1.57. The van der Waals surface area contributed by atoms with Crippen molar-refractivity contribution in [3.05, 3.63) is 35.4 Å². The van der Waals surface area contributed by atoms with Crippen molar-refractivity contribution in [1.82, 2.24) is 9.80 Å². The number of rotatable bonds is 3. The van der Waals surface area contributed by atoms with Gasteiger partial charge in [0.15, 0.2) is 0 Å². The number of hydrogen-bond acceptors (Lipinski definition) is 4. The Kier molecular flexibility index (Phi) is 4.15. The second kappa shape index (κ2) is 5.96. The Morgan fingerprint density at radius 3 is 2.43 bits per heavy atom. The van der Waals surface area contributed by atoms with E-state index in [1.807, 2.05) is 49.9 Å². The molecule has 0 unspecified atom stereocenters. The van der Waals surface area contributed by atoms with E-state index in [2.05, 4.69) is 4.90 Å². The molecule has 2 aliphatic rings. The highest BCUT2D eigenvalue weighted by molar-refractivity contribution is 5.74. The molecule has 1 amide bonds. The van der Waals surface area contributed by atoms with Crippen LogP contribution in [0.4, 0.5) is 4.79 Å². The topological polar surface area (TPSA) is 49.9 Å². The molecule has 0 N–H and O–H groups in total. The molecule has 1 aromatic rings. The van der Waals surface area contributed by atoms with Crippen molar-refractivity contribution in [2.75, 3.05) is 13.1 Å². The first kappa shape index (κ1) is 16.0. The zero-order chi connectivity index (χ0) is 16.6. The minimum absolute atomic E-state index is 0.194. The Hall–Kier alpha value is -1.88. The second-order valence-electron chi connectivity index (χ2n) is 7.46. The Morgan fingerprint density at radius 1 is 1.22 bits per heavy atom. The number of piperazine rings is 1. The van der Waals surface area contributed by atoms with Crippen LogP contribution < -0.4 is 0 Å². The van der Waals surface area contributed by atoms with Gasteiger partial charge in [0.2, 0.25) is 0 Å². The number of fused-ring (bicyclic) bond motifs is 2. The smallest absolute Gasteiger partial charge is 0.410 e. The molecule has 5 nitrogen and oxygen atoms in total. The van der Waals surface area contributed by atoms with Gasteiger partial charge >= 0.3 is 6.09 Å². The van der Waals surface area contributed by atoms with E-state index in [-0.39, 0.29) is 12.1 Å². The number of likely N-dealkylation sites (tertiary alicyclic amines) is 2. The third kappa shape index (κ3) is 3.55. The predicted octanol–water partition coefficient (Wildman–Crippen LogP) is 2.69. The maximum atomic E-state index is 12.2. The van der Waals surface area contributed by atoms with E-state index in [1.54, 1.807) is 0 Å². The van der Waals surface area contributed by atoms with Crippen molar-refractivity contribution in [2.24, 2.45) is 0 Å². The van der Waals surface area contributed by atoms with Crippen molar-refractivity contribution in [1.29, 1.82) is 0 Å². The molecule has 1 aromatic carbocycles. The van der Waals surface area contributed by atoms with Gasteiger partial charge in [-0.1, -0.05) is 24.3 Å². The van der Waals surface area contributed by atoms with E-state index in [1.165, 1.54) is 5.56 Å². The van der Waals surface area contributed by atoms with Crippen LogP contribution in [0, 0.1) is 0 Å². The van der Waals surface area contributed by atoms with Crippen LogP contribution in [0.2, 0.25) is 0 Å². The van der Waals surface area contributed by atoms with Crippen LogP contribution in [0.1, 0.15) is 43.1 Å². The number of aldehydes is 1. The summed E-state index contributed by atoms with van der Waals surface area (Å²) < 4.78 is 5.49. The normalized spacial score (nSPS) is 24.0. The highest BCUT2D eigenvalue weighted by atomic mass is 16.6. The van der Waals surface area contributed by atoms with Crippen molar-refractivity contribution >= 4 is 12.4 Å². The molecule has 0 radical (unpaired) electrons. The molecule has 124 valence electrons. The maximum Gasteiger partial charge on any atom is 0.410 e. The molecule has 2 heterocycles. The van der Waals surface area contributed by atoms with E-state index in [9.17, 15) is 9.59 Å². The highest BCUT2D eigenvalue weighted by Gasteiger charge is 2.46. The number of carbonyl (C=O) groups is 2. The molecule has 0 aromatic heterocycles. The van der Waals surface area contributed by atoms with Gasteiger partial charge in [-0.2, -0.15) is 0 Å². The van der Waals surface area contributed by atoms with Crippen LogP contribution in [0.3, 0.4) is 0 Å². The SMILES string of the molecule is CC(C)(C)OC(=O)N1C[C@@H]2C[C@H]1CN2Cc1ccc(C=O)cc1.